The maximum absolute atomic E-state index is 3.97. The zero-order valence-electron chi connectivity index (χ0n) is 12.5. The minimum Gasteiger partial charge on any atom is -0.663 e. The maximum atomic E-state index is 3.97. The van der Waals surface area contributed by atoms with Gasteiger partial charge in [-0.2, -0.15) is 39.3 Å². The van der Waals surface area contributed by atoms with E-state index in [1.165, 1.54) is 0 Å². The van der Waals surface area contributed by atoms with Crippen LogP contribution < -0.4 is 0 Å². The molecule has 0 bridgehead atoms. The SMILES string of the molecule is CC[N-]CC.CC[N-]CC.CC[N-]CC.Cl.[Hf]. The summed E-state index contributed by atoms with van der Waals surface area (Å²) >= 11 is 0. The van der Waals surface area contributed by atoms with Gasteiger partial charge in [0, 0.05) is 25.8 Å². The van der Waals surface area contributed by atoms with E-state index in [0.29, 0.717) is 0 Å². The smallest absolute Gasteiger partial charge is 0 e. The van der Waals surface area contributed by atoms with Crippen molar-refractivity contribution in [3.8, 4) is 0 Å². The Balaban J connectivity index is -0.0000000400. The molecule has 0 aromatic heterocycles. The molecule has 3 nitrogen and oxygen atoms in total. The topological polar surface area (TPSA) is 42.3 Å². The van der Waals surface area contributed by atoms with Gasteiger partial charge in [-0.3, -0.25) is 0 Å². The van der Waals surface area contributed by atoms with Crippen molar-refractivity contribution < 1.29 is 25.8 Å². The number of halogens is 1. The van der Waals surface area contributed by atoms with Crippen molar-refractivity contribution in [3.63, 3.8) is 0 Å². The molecule has 0 unspecified atom stereocenters. The van der Waals surface area contributed by atoms with E-state index < -0.39 is 0 Å². The van der Waals surface area contributed by atoms with Crippen LogP contribution in [0.3, 0.4) is 0 Å². The second-order valence-electron chi connectivity index (χ2n) is 2.57. The summed E-state index contributed by atoms with van der Waals surface area (Å²) in [5.41, 5.74) is 0. The minimum atomic E-state index is 0. The Morgan fingerprint density at radius 1 is 0.471 bits per heavy atom. The van der Waals surface area contributed by atoms with Gasteiger partial charge >= 0.3 is 0 Å². The Hall–Kier alpha value is 1.04. The predicted molar refractivity (Wildman–Crippen MR) is 80.6 cm³/mol. The summed E-state index contributed by atoms with van der Waals surface area (Å²) in [5, 5.41) is 11.9. The van der Waals surface area contributed by atoms with Crippen molar-refractivity contribution in [3.05, 3.63) is 16.0 Å². The Kier molecular flexibility index (Phi) is 78.8. The summed E-state index contributed by atoms with van der Waals surface area (Å²) in [4.78, 5) is 0. The normalized spacial score (nSPS) is 7.41. The van der Waals surface area contributed by atoms with Crippen LogP contribution in [0.25, 0.3) is 16.0 Å². The van der Waals surface area contributed by atoms with Crippen molar-refractivity contribution >= 4 is 12.4 Å². The molecule has 0 aromatic carbocycles. The molecule has 108 valence electrons. The van der Waals surface area contributed by atoms with Gasteiger partial charge in [0.2, 0.25) is 0 Å². The number of rotatable bonds is 6. The van der Waals surface area contributed by atoms with Crippen LogP contribution in [0.5, 0.6) is 0 Å². The fraction of sp³-hybridized carbons (Fsp3) is 1.00. The van der Waals surface area contributed by atoms with Gasteiger partial charge in [-0.15, -0.1) is 12.4 Å². The molecule has 0 N–H and O–H groups in total. The summed E-state index contributed by atoms with van der Waals surface area (Å²) in [5.74, 6) is 0. The van der Waals surface area contributed by atoms with Crippen molar-refractivity contribution in [1.29, 1.82) is 0 Å². The molecule has 0 saturated carbocycles. The number of hydrogen-bond donors (Lipinski definition) is 0. The Morgan fingerprint density at radius 3 is 0.588 bits per heavy atom. The molecular formula is C12H31ClHfN3-3. The quantitative estimate of drug-likeness (QED) is 0.551. The van der Waals surface area contributed by atoms with E-state index in [1.54, 1.807) is 0 Å². The molecule has 0 saturated heterocycles. The van der Waals surface area contributed by atoms with E-state index >= 15 is 0 Å². The molecule has 0 fully saturated rings. The zero-order valence-corrected chi connectivity index (χ0v) is 16.9. The van der Waals surface area contributed by atoms with Crippen LogP contribution in [0.15, 0.2) is 0 Å². The van der Waals surface area contributed by atoms with Gasteiger partial charge in [-0.1, -0.05) is 41.5 Å². The summed E-state index contributed by atoms with van der Waals surface area (Å²) in [6.45, 7) is 18.1. The molecule has 0 amide bonds. The Morgan fingerprint density at radius 2 is 0.588 bits per heavy atom. The van der Waals surface area contributed by atoms with E-state index in [9.17, 15) is 0 Å². The van der Waals surface area contributed by atoms with Crippen LogP contribution in [-0.4, -0.2) is 39.3 Å². The van der Waals surface area contributed by atoms with Gasteiger partial charge < -0.3 is 16.0 Å². The molecule has 0 aliphatic carbocycles. The Bertz CT molecular complexity index is 58.5. The van der Waals surface area contributed by atoms with Gasteiger partial charge in [-0.25, -0.2) is 0 Å². The third-order valence-corrected chi connectivity index (χ3v) is 1.34. The molecule has 0 heterocycles. The molecular weight excluding hydrogens is 400 g/mol. The molecule has 0 spiro atoms. The molecule has 5 heteroatoms. The monoisotopic (exact) mass is 432 g/mol. The van der Waals surface area contributed by atoms with Crippen molar-refractivity contribution in [2.75, 3.05) is 39.3 Å². The molecule has 0 aromatic rings. The van der Waals surface area contributed by atoms with Crippen LogP contribution in [0, 0.1) is 0 Å². The van der Waals surface area contributed by atoms with Crippen LogP contribution in [0.2, 0.25) is 0 Å². The summed E-state index contributed by atoms with van der Waals surface area (Å²) in [7, 11) is 0. The van der Waals surface area contributed by atoms with Gasteiger partial charge in [0.05, 0.1) is 0 Å². The first-order valence-corrected chi connectivity index (χ1v) is 6.14. The first-order valence-electron chi connectivity index (χ1n) is 6.14. The van der Waals surface area contributed by atoms with Crippen molar-refractivity contribution in [1.82, 2.24) is 0 Å². The first-order chi connectivity index (χ1) is 7.24. The van der Waals surface area contributed by atoms with Crippen LogP contribution in [-0.2, 0) is 25.8 Å². The predicted octanol–water partition coefficient (Wildman–Crippen LogP) is 4.62. The third kappa shape index (κ3) is 77.8. The van der Waals surface area contributed by atoms with Gasteiger partial charge in [0.15, 0.2) is 0 Å². The Labute approximate surface area is 134 Å². The van der Waals surface area contributed by atoms with Gasteiger partial charge in [0.25, 0.3) is 0 Å². The van der Waals surface area contributed by atoms with Gasteiger partial charge in [-0.05, 0) is 0 Å². The largest absolute Gasteiger partial charge is 0.663 e. The van der Waals surface area contributed by atoms with Crippen LogP contribution in [0.4, 0.5) is 0 Å². The van der Waals surface area contributed by atoms with Crippen LogP contribution in [0.1, 0.15) is 41.5 Å². The van der Waals surface area contributed by atoms with E-state index in [-0.39, 0.29) is 38.3 Å². The van der Waals surface area contributed by atoms with Gasteiger partial charge in [0.1, 0.15) is 0 Å². The van der Waals surface area contributed by atoms with Crippen molar-refractivity contribution in [2.24, 2.45) is 0 Å². The summed E-state index contributed by atoms with van der Waals surface area (Å²) < 4.78 is 0. The van der Waals surface area contributed by atoms with E-state index in [0.717, 1.165) is 39.3 Å². The van der Waals surface area contributed by atoms with Crippen LogP contribution >= 0.6 is 12.4 Å². The molecule has 17 heavy (non-hydrogen) atoms. The maximum Gasteiger partial charge on any atom is 0 e. The standard InChI is InChI=1S/3C4H10N.ClH.Hf/c3*1-3-5-4-2;;/h3*3-4H2,1-2H3;1H;/q3*-1;;. The first kappa shape index (κ1) is 30.8. The average molecular weight is 431 g/mol. The van der Waals surface area contributed by atoms with E-state index in [2.05, 4.69) is 16.0 Å². The fourth-order valence-electron chi connectivity index (χ4n) is 0.671. The second-order valence-corrected chi connectivity index (χ2v) is 2.57. The summed E-state index contributed by atoms with van der Waals surface area (Å²) in [6.07, 6.45) is 0. The summed E-state index contributed by atoms with van der Waals surface area (Å²) in [6, 6.07) is 0. The zero-order chi connectivity index (χ0) is 12.4. The van der Waals surface area contributed by atoms with E-state index in [1.807, 2.05) is 41.5 Å². The van der Waals surface area contributed by atoms with Crippen molar-refractivity contribution in [2.45, 2.75) is 41.5 Å². The number of hydrogen-bond acceptors (Lipinski definition) is 0. The minimum absolute atomic E-state index is 0. The third-order valence-electron chi connectivity index (χ3n) is 1.34. The fourth-order valence-corrected chi connectivity index (χ4v) is 0.671. The van der Waals surface area contributed by atoms with E-state index in [4.69, 9.17) is 0 Å². The molecule has 0 aliphatic rings. The molecule has 0 rings (SSSR count). The average Bonchev–Trinajstić information content (AvgIpc) is 2.23. The molecule has 0 atom stereocenters. The molecule has 0 aliphatic heterocycles. The molecule has 0 radical (unpaired) electrons. The second kappa shape index (κ2) is 43.5. The number of nitrogens with zero attached hydrogens (tertiary/aromatic N) is 3.